The fraction of sp³-hybridized carbons (Fsp3) is 0.0909. The number of aromatic amines is 1. The molecule has 94 valence electrons. The van der Waals surface area contributed by atoms with Crippen molar-refractivity contribution in [2.24, 2.45) is 0 Å². The number of hydrogen-bond acceptors (Lipinski definition) is 2. The molecule has 0 unspecified atom stereocenters. The SMILES string of the molecule is O=c1ccc(-c2ccc(I)c(C(F)(F)F)c2)n[nH]1. The molecule has 0 aliphatic heterocycles. The number of H-pyrrole nitrogens is 1. The van der Waals surface area contributed by atoms with Gasteiger partial charge in [-0.2, -0.15) is 18.3 Å². The zero-order valence-corrected chi connectivity index (χ0v) is 10.9. The standard InChI is InChI=1S/C11H6F3IN2O/c12-11(13,14)7-5-6(1-2-8(7)15)9-3-4-10(18)17-16-9/h1-5H,(H,17,18). The molecule has 2 rings (SSSR count). The van der Waals surface area contributed by atoms with Gasteiger partial charge in [0, 0.05) is 15.2 Å². The zero-order chi connectivity index (χ0) is 13.3. The molecule has 0 spiro atoms. The minimum atomic E-state index is -4.41. The lowest BCUT2D eigenvalue weighted by Gasteiger charge is -2.10. The number of nitrogens with zero attached hydrogens (tertiary/aromatic N) is 1. The van der Waals surface area contributed by atoms with Crippen LogP contribution in [0.5, 0.6) is 0 Å². The van der Waals surface area contributed by atoms with E-state index in [9.17, 15) is 18.0 Å². The van der Waals surface area contributed by atoms with Crippen LogP contribution in [0, 0.1) is 3.57 Å². The lowest BCUT2D eigenvalue weighted by Crippen LogP contribution is -2.09. The number of aromatic nitrogens is 2. The summed E-state index contributed by atoms with van der Waals surface area (Å²) in [5.74, 6) is 0. The smallest absolute Gasteiger partial charge is 0.268 e. The van der Waals surface area contributed by atoms with Crippen molar-refractivity contribution < 1.29 is 13.2 Å². The Morgan fingerprint density at radius 1 is 1.17 bits per heavy atom. The van der Waals surface area contributed by atoms with Gasteiger partial charge in [-0.3, -0.25) is 4.79 Å². The van der Waals surface area contributed by atoms with Crippen LogP contribution in [0.1, 0.15) is 5.56 Å². The Labute approximate surface area is 113 Å². The molecule has 0 aliphatic rings. The number of nitrogens with one attached hydrogen (secondary N) is 1. The molecule has 0 atom stereocenters. The van der Waals surface area contributed by atoms with Gasteiger partial charge < -0.3 is 0 Å². The molecule has 3 nitrogen and oxygen atoms in total. The molecule has 18 heavy (non-hydrogen) atoms. The van der Waals surface area contributed by atoms with Crippen LogP contribution in [0.2, 0.25) is 0 Å². The number of rotatable bonds is 1. The van der Waals surface area contributed by atoms with Gasteiger partial charge in [0.05, 0.1) is 11.3 Å². The van der Waals surface area contributed by atoms with Gasteiger partial charge in [-0.25, -0.2) is 5.10 Å². The van der Waals surface area contributed by atoms with E-state index in [4.69, 9.17) is 0 Å². The zero-order valence-electron chi connectivity index (χ0n) is 8.75. The second kappa shape index (κ2) is 4.71. The molecule has 0 bridgehead atoms. The monoisotopic (exact) mass is 366 g/mol. The summed E-state index contributed by atoms with van der Waals surface area (Å²) in [6.45, 7) is 0. The summed E-state index contributed by atoms with van der Waals surface area (Å²) in [6, 6.07) is 6.50. The van der Waals surface area contributed by atoms with Gasteiger partial charge in [-0.1, -0.05) is 6.07 Å². The van der Waals surface area contributed by atoms with E-state index in [1.807, 2.05) is 0 Å². The van der Waals surface area contributed by atoms with Crippen LogP contribution >= 0.6 is 22.6 Å². The Kier molecular flexibility index (Phi) is 3.42. The van der Waals surface area contributed by atoms with E-state index in [2.05, 4.69) is 10.2 Å². The Morgan fingerprint density at radius 2 is 1.89 bits per heavy atom. The Hall–Kier alpha value is -1.38. The summed E-state index contributed by atoms with van der Waals surface area (Å²) in [7, 11) is 0. The lowest BCUT2D eigenvalue weighted by molar-refractivity contribution is -0.138. The molecule has 7 heteroatoms. The topological polar surface area (TPSA) is 45.8 Å². The minimum absolute atomic E-state index is 0.119. The van der Waals surface area contributed by atoms with Gasteiger partial charge in [0.15, 0.2) is 0 Å². The van der Waals surface area contributed by atoms with Gasteiger partial charge in [-0.15, -0.1) is 0 Å². The van der Waals surface area contributed by atoms with E-state index >= 15 is 0 Å². The highest BCUT2D eigenvalue weighted by atomic mass is 127. The first kappa shape index (κ1) is 13.1. The van der Waals surface area contributed by atoms with Gasteiger partial charge in [0.1, 0.15) is 0 Å². The van der Waals surface area contributed by atoms with E-state index in [0.717, 1.165) is 6.07 Å². The highest BCUT2D eigenvalue weighted by Crippen LogP contribution is 2.34. The number of halogens is 4. The summed E-state index contributed by atoms with van der Waals surface area (Å²) in [5, 5.41) is 5.88. The molecule has 1 aromatic heterocycles. The molecule has 0 aliphatic carbocycles. The number of benzene rings is 1. The molecule has 1 heterocycles. The van der Waals surface area contributed by atoms with Crippen LogP contribution in [0.25, 0.3) is 11.3 Å². The number of hydrogen-bond donors (Lipinski definition) is 1. The van der Waals surface area contributed by atoms with Gasteiger partial charge in [0.25, 0.3) is 5.56 Å². The van der Waals surface area contributed by atoms with Gasteiger partial charge >= 0.3 is 6.18 Å². The Bertz CT molecular complexity index is 616. The quantitative estimate of drug-likeness (QED) is 0.789. The summed E-state index contributed by atoms with van der Waals surface area (Å²) in [4.78, 5) is 10.8. The normalized spacial score (nSPS) is 11.6. The minimum Gasteiger partial charge on any atom is -0.268 e. The summed E-state index contributed by atoms with van der Waals surface area (Å²) < 4.78 is 38.3. The van der Waals surface area contributed by atoms with E-state index in [-0.39, 0.29) is 9.26 Å². The molecular weight excluding hydrogens is 360 g/mol. The van der Waals surface area contributed by atoms with Crippen molar-refractivity contribution in [3.63, 3.8) is 0 Å². The van der Waals surface area contributed by atoms with Gasteiger partial charge in [-0.05, 0) is 40.8 Å². The second-order valence-electron chi connectivity index (χ2n) is 3.50. The maximum absolute atomic E-state index is 12.7. The second-order valence-corrected chi connectivity index (χ2v) is 4.66. The van der Waals surface area contributed by atoms with Crippen molar-refractivity contribution in [1.82, 2.24) is 10.2 Å². The van der Waals surface area contributed by atoms with E-state index in [0.29, 0.717) is 5.56 Å². The van der Waals surface area contributed by atoms with E-state index < -0.39 is 17.3 Å². The fourth-order valence-corrected chi connectivity index (χ4v) is 2.05. The predicted molar refractivity (Wildman–Crippen MR) is 68.0 cm³/mol. The van der Waals surface area contributed by atoms with Crippen LogP contribution in [0.15, 0.2) is 35.1 Å². The maximum Gasteiger partial charge on any atom is 0.417 e. The van der Waals surface area contributed by atoms with Crippen molar-refractivity contribution in [1.29, 1.82) is 0 Å². The highest BCUT2D eigenvalue weighted by molar-refractivity contribution is 14.1. The average Bonchev–Trinajstić information content (AvgIpc) is 2.29. The average molecular weight is 366 g/mol. The maximum atomic E-state index is 12.7. The predicted octanol–water partition coefficient (Wildman–Crippen LogP) is 3.06. The third-order valence-electron chi connectivity index (χ3n) is 2.25. The van der Waals surface area contributed by atoms with Crippen LogP contribution in [0.4, 0.5) is 13.2 Å². The summed E-state index contributed by atoms with van der Waals surface area (Å²) >= 11 is 1.63. The largest absolute Gasteiger partial charge is 0.417 e. The first-order chi connectivity index (χ1) is 8.38. The third-order valence-corrected chi connectivity index (χ3v) is 3.19. The molecule has 1 N–H and O–H groups in total. The van der Waals surface area contributed by atoms with Crippen LogP contribution in [-0.2, 0) is 6.18 Å². The van der Waals surface area contributed by atoms with E-state index in [1.54, 1.807) is 22.6 Å². The molecule has 0 radical (unpaired) electrons. The number of alkyl halides is 3. The summed E-state index contributed by atoms with van der Waals surface area (Å²) in [6.07, 6.45) is -4.41. The van der Waals surface area contributed by atoms with Crippen LogP contribution in [0.3, 0.4) is 0 Å². The van der Waals surface area contributed by atoms with Gasteiger partial charge in [0.2, 0.25) is 0 Å². The fourth-order valence-electron chi connectivity index (χ4n) is 1.41. The Balaban J connectivity index is 2.54. The third kappa shape index (κ3) is 2.71. The molecule has 0 saturated carbocycles. The molecule has 0 saturated heterocycles. The molecule has 0 fully saturated rings. The highest BCUT2D eigenvalue weighted by Gasteiger charge is 2.33. The molecular formula is C11H6F3IN2O. The van der Waals surface area contributed by atoms with Crippen molar-refractivity contribution in [3.05, 3.63) is 49.8 Å². The summed E-state index contributed by atoms with van der Waals surface area (Å²) in [5.41, 5.74) is -0.524. The van der Waals surface area contributed by atoms with Crippen LogP contribution in [-0.4, -0.2) is 10.2 Å². The van der Waals surface area contributed by atoms with Crippen molar-refractivity contribution in [3.8, 4) is 11.3 Å². The van der Waals surface area contributed by atoms with E-state index in [1.165, 1.54) is 24.3 Å². The molecule has 1 aromatic carbocycles. The van der Waals surface area contributed by atoms with Crippen LogP contribution < -0.4 is 5.56 Å². The first-order valence-electron chi connectivity index (χ1n) is 4.81. The first-order valence-corrected chi connectivity index (χ1v) is 5.88. The van der Waals surface area contributed by atoms with Crippen molar-refractivity contribution in [2.45, 2.75) is 6.18 Å². The molecule has 2 aromatic rings. The lowest BCUT2D eigenvalue weighted by atomic mass is 10.1. The van der Waals surface area contributed by atoms with Crippen molar-refractivity contribution in [2.75, 3.05) is 0 Å². The molecule has 0 amide bonds. The Morgan fingerprint density at radius 3 is 2.44 bits per heavy atom. The van der Waals surface area contributed by atoms with Crippen molar-refractivity contribution >= 4 is 22.6 Å².